The summed E-state index contributed by atoms with van der Waals surface area (Å²) in [5.74, 6) is 0. The number of pyridine rings is 1. The van der Waals surface area contributed by atoms with E-state index in [1.807, 2.05) is 0 Å². The summed E-state index contributed by atoms with van der Waals surface area (Å²) in [6.07, 6.45) is 1.48. The van der Waals surface area contributed by atoms with Crippen LogP contribution in [0.4, 0.5) is 13.2 Å². The zero-order valence-corrected chi connectivity index (χ0v) is 15.6. The second-order valence-corrected chi connectivity index (χ2v) is 7.92. The van der Waals surface area contributed by atoms with Crippen LogP contribution in [0, 0.1) is 0 Å². The zero-order valence-electron chi connectivity index (χ0n) is 15.6. The van der Waals surface area contributed by atoms with Crippen LogP contribution >= 0.6 is 0 Å². The molecule has 1 fully saturated rings. The van der Waals surface area contributed by atoms with Crippen LogP contribution in [0.3, 0.4) is 0 Å². The predicted molar refractivity (Wildman–Crippen MR) is 97.8 cm³/mol. The minimum absolute atomic E-state index is 0.321. The van der Waals surface area contributed by atoms with Crippen molar-refractivity contribution in [2.45, 2.75) is 56.9 Å². The lowest BCUT2D eigenvalue weighted by Gasteiger charge is -2.36. The summed E-state index contributed by atoms with van der Waals surface area (Å²) in [5, 5.41) is 0. The largest absolute Gasteiger partial charge is 0.416 e. The number of aryl methyl sites for hydroxylation is 1. The highest BCUT2D eigenvalue weighted by Gasteiger charge is 2.45. The van der Waals surface area contributed by atoms with Gasteiger partial charge in [-0.25, -0.2) is 0 Å². The molecule has 2 aliphatic heterocycles. The van der Waals surface area contributed by atoms with E-state index in [9.17, 15) is 13.2 Å². The molecule has 28 heavy (non-hydrogen) atoms. The SMILES string of the molecule is FC(F)(F)c1ccc(-c2nc3c(c4c2COC42CCOCC2)CCCC3)cc1. The first-order valence-electron chi connectivity index (χ1n) is 9.92. The Hall–Kier alpha value is -1.92. The van der Waals surface area contributed by atoms with Crippen LogP contribution in [0.15, 0.2) is 24.3 Å². The highest BCUT2D eigenvalue weighted by molar-refractivity contribution is 5.68. The summed E-state index contributed by atoms with van der Waals surface area (Å²) >= 11 is 0. The maximum atomic E-state index is 13.0. The molecule has 1 spiro atoms. The molecule has 0 atom stereocenters. The Morgan fingerprint density at radius 1 is 0.929 bits per heavy atom. The molecule has 1 saturated heterocycles. The van der Waals surface area contributed by atoms with Gasteiger partial charge in [0.05, 0.1) is 23.5 Å². The molecular formula is C22H22F3NO2. The molecule has 1 aliphatic carbocycles. The summed E-state index contributed by atoms with van der Waals surface area (Å²) in [6, 6.07) is 5.36. The number of nitrogens with zero attached hydrogens (tertiary/aromatic N) is 1. The quantitative estimate of drug-likeness (QED) is 0.673. The molecule has 0 saturated carbocycles. The first-order chi connectivity index (χ1) is 13.5. The highest BCUT2D eigenvalue weighted by atomic mass is 19.4. The smallest absolute Gasteiger partial charge is 0.381 e. The summed E-state index contributed by atoms with van der Waals surface area (Å²) in [4.78, 5) is 4.93. The van der Waals surface area contributed by atoms with Crippen molar-refractivity contribution in [2.75, 3.05) is 13.2 Å². The van der Waals surface area contributed by atoms with Crippen LogP contribution in [0.2, 0.25) is 0 Å². The van der Waals surface area contributed by atoms with E-state index in [1.165, 1.54) is 23.3 Å². The van der Waals surface area contributed by atoms with Gasteiger partial charge in [-0.3, -0.25) is 4.98 Å². The van der Waals surface area contributed by atoms with Gasteiger partial charge >= 0.3 is 6.18 Å². The number of hydrogen-bond donors (Lipinski definition) is 0. The summed E-state index contributed by atoms with van der Waals surface area (Å²) in [6.45, 7) is 1.81. The Kier molecular flexibility index (Phi) is 4.25. The maximum Gasteiger partial charge on any atom is 0.416 e. The second kappa shape index (κ2) is 6.56. The van der Waals surface area contributed by atoms with Crippen LogP contribution in [0.5, 0.6) is 0 Å². The van der Waals surface area contributed by atoms with Crippen molar-refractivity contribution in [2.24, 2.45) is 0 Å². The Balaban J connectivity index is 1.66. The number of benzene rings is 1. The lowest BCUT2D eigenvalue weighted by molar-refractivity contribution is -0.137. The van der Waals surface area contributed by atoms with E-state index in [4.69, 9.17) is 14.5 Å². The molecule has 3 aliphatic rings. The van der Waals surface area contributed by atoms with Crippen molar-refractivity contribution in [3.8, 4) is 11.3 Å². The number of halogens is 3. The second-order valence-electron chi connectivity index (χ2n) is 7.92. The molecule has 0 bridgehead atoms. The lowest BCUT2D eigenvalue weighted by atomic mass is 9.78. The fraction of sp³-hybridized carbons (Fsp3) is 0.500. The fourth-order valence-electron chi connectivity index (χ4n) is 4.91. The van der Waals surface area contributed by atoms with E-state index in [0.717, 1.165) is 73.2 Å². The predicted octanol–water partition coefficient (Wildman–Crippen LogP) is 5.18. The molecule has 0 N–H and O–H groups in total. The molecule has 5 rings (SSSR count). The average Bonchev–Trinajstić information content (AvgIpc) is 3.06. The molecule has 6 heteroatoms. The Bertz CT molecular complexity index is 899. The van der Waals surface area contributed by atoms with Crippen molar-refractivity contribution >= 4 is 0 Å². The minimum atomic E-state index is -4.33. The highest BCUT2D eigenvalue weighted by Crippen LogP contribution is 2.49. The molecule has 3 heterocycles. The Morgan fingerprint density at radius 3 is 2.36 bits per heavy atom. The number of ether oxygens (including phenoxy) is 2. The van der Waals surface area contributed by atoms with Gasteiger partial charge in [0.25, 0.3) is 0 Å². The Labute approximate surface area is 161 Å². The van der Waals surface area contributed by atoms with E-state index >= 15 is 0 Å². The zero-order chi connectivity index (χ0) is 19.4. The minimum Gasteiger partial charge on any atom is -0.381 e. The normalized spacial score (nSPS) is 20.8. The molecular weight excluding hydrogens is 367 g/mol. The third-order valence-electron chi connectivity index (χ3n) is 6.31. The van der Waals surface area contributed by atoms with E-state index in [0.29, 0.717) is 19.8 Å². The number of aromatic nitrogens is 1. The third-order valence-corrected chi connectivity index (χ3v) is 6.31. The number of alkyl halides is 3. The van der Waals surface area contributed by atoms with E-state index in [-0.39, 0.29) is 5.60 Å². The van der Waals surface area contributed by atoms with Gasteiger partial charge in [0, 0.05) is 42.9 Å². The van der Waals surface area contributed by atoms with Gasteiger partial charge in [-0.2, -0.15) is 13.2 Å². The van der Waals surface area contributed by atoms with Gasteiger partial charge in [-0.1, -0.05) is 12.1 Å². The molecule has 2 aromatic rings. The molecule has 148 valence electrons. The van der Waals surface area contributed by atoms with Crippen LogP contribution in [0.25, 0.3) is 11.3 Å². The van der Waals surface area contributed by atoms with E-state index in [1.54, 1.807) is 0 Å². The summed E-state index contributed by atoms with van der Waals surface area (Å²) < 4.78 is 50.8. The van der Waals surface area contributed by atoms with Crippen molar-refractivity contribution in [1.82, 2.24) is 4.98 Å². The third kappa shape index (κ3) is 2.85. The van der Waals surface area contributed by atoms with E-state index in [2.05, 4.69) is 0 Å². The standard InChI is InChI=1S/C22H22F3NO2/c23-22(24,25)15-7-5-14(6-8-15)20-17-13-28-21(9-11-27-12-10-21)19(17)16-3-1-2-4-18(16)26-20/h5-8H,1-4,9-13H2. The van der Waals surface area contributed by atoms with Gasteiger partial charge in [0.1, 0.15) is 0 Å². The summed E-state index contributed by atoms with van der Waals surface area (Å²) in [7, 11) is 0. The van der Waals surface area contributed by atoms with Crippen LogP contribution in [-0.4, -0.2) is 18.2 Å². The van der Waals surface area contributed by atoms with Crippen molar-refractivity contribution in [3.63, 3.8) is 0 Å². The number of fused-ring (bicyclic) bond motifs is 4. The van der Waals surface area contributed by atoms with Crippen LogP contribution in [-0.2, 0) is 40.7 Å². The molecule has 1 aromatic heterocycles. The average molecular weight is 389 g/mol. The Morgan fingerprint density at radius 2 is 1.64 bits per heavy atom. The first kappa shape index (κ1) is 18.1. The van der Waals surface area contributed by atoms with Crippen molar-refractivity contribution < 1.29 is 22.6 Å². The summed E-state index contributed by atoms with van der Waals surface area (Å²) in [5.41, 5.74) is 5.28. The van der Waals surface area contributed by atoms with Gasteiger partial charge in [0.15, 0.2) is 0 Å². The van der Waals surface area contributed by atoms with Crippen LogP contribution < -0.4 is 0 Å². The van der Waals surface area contributed by atoms with E-state index < -0.39 is 11.7 Å². The molecule has 3 nitrogen and oxygen atoms in total. The number of hydrogen-bond acceptors (Lipinski definition) is 3. The fourth-order valence-corrected chi connectivity index (χ4v) is 4.91. The molecule has 0 radical (unpaired) electrons. The van der Waals surface area contributed by atoms with Gasteiger partial charge < -0.3 is 9.47 Å². The maximum absolute atomic E-state index is 13.0. The van der Waals surface area contributed by atoms with Crippen molar-refractivity contribution in [3.05, 3.63) is 52.2 Å². The topological polar surface area (TPSA) is 31.4 Å². The molecule has 0 unspecified atom stereocenters. The van der Waals surface area contributed by atoms with Crippen LogP contribution in [0.1, 0.15) is 53.6 Å². The van der Waals surface area contributed by atoms with Crippen molar-refractivity contribution in [1.29, 1.82) is 0 Å². The monoisotopic (exact) mass is 389 g/mol. The van der Waals surface area contributed by atoms with Gasteiger partial charge in [-0.15, -0.1) is 0 Å². The van der Waals surface area contributed by atoms with Gasteiger partial charge in [0.2, 0.25) is 0 Å². The molecule has 0 amide bonds. The van der Waals surface area contributed by atoms with Gasteiger partial charge in [-0.05, 0) is 48.9 Å². The first-order valence-corrected chi connectivity index (χ1v) is 9.92. The number of rotatable bonds is 1. The molecule has 1 aromatic carbocycles. The lowest BCUT2D eigenvalue weighted by Crippen LogP contribution is -2.34.